The highest BCUT2D eigenvalue weighted by atomic mass is 16.3. The van der Waals surface area contributed by atoms with Crippen molar-refractivity contribution in [3.05, 3.63) is 0 Å². The molecular weight excluding hydrogens is 628 g/mol. The maximum atomic E-state index is 13.6. The van der Waals surface area contributed by atoms with Crippen LogP contribution in [0.15, 0.2) is 0 Å². The van der Waals surface area contributed by atoms with Crippen molar-refractivity contribution in [2.45, 2.75) is 86.5 Å². The summed E-state index contributed by atoms with van der Waals surface area (Å²) in [6, 6.07) is -7.52. The molecule has 7 amide bonds. The molecule has 1 spiro atoms. The van der Waals surface area contributed by atoms with Gasteiger partial charge in [0.25, 0.3) is 0 Å². The van der Waals surface area contributed by atoms with E-state index in [1.54, 1.807) is 0 Å². The molecule has 2 heterocycles. The Balaban J connectivity index is 1.91. The lowest BCUT2D eigenvalue weighted by Gasteiger charge is -2.30. The molecule has 0 aromatic carbocycles. The first-order chi connectivity index (χ1) is 22.3. The predicted molar refractivity (Wildman–Crippen MR) is 157 cm³/mol. The normalized spacial score (nSPS) is 30.4. The van der Waals surface area contributed by atoms with Gasteiger partial charge in [-0.15, -0.1) is 0 Å². The van der Waals surface area contributed by atoms with Gasteiger partial charge in [-0.1, -0.05) is 0 Å². The topological polar surface area (TPSA) is 322 Å². The Labute approximate surface area is 269 Å². The molecule has 3 fully saturated rings. The maximum Gasteiger partial charge on any atom is 0.249 e. The summed E-state index contributed by atoms with van der Waals surface area (Å²) in [5.74, 6) is -6.33. The number of nitrogens with two attached hydrogens (primary N) is 1. The summed E-state index contributed by atoms with van der Waals surface area (Å²) in [4.78, 5) is 92.3. The Morgan fingerprint density at radius 2 is 1.34 bits per heavy atom. The smallest absolute Gasteiger partial charge is 0.249 e. The Morgan fingerprint density at radius 1 is 0.787 bits per heavy atom. The average Bonchev–Trinajstić information content (AvgIpc) is 3.70. The molecule has 3 aliphatic rings. The molecule has 2 aliphatic heterocycles. The van der Waals surface area contributed by atoms with Gasteiger partial charge < -0.3 is 68.1 Å². The standard InChI is InChI=1S/C27H44N8O12/c28-5-1-13(39)7-15-21(42)29-6-2-20(41)30-16(10-36)22(43)32-18(12-38)24(45)34-27(3-4-27)26(47)35-9-14(40)8-19(35)25(46)33-17(11-37)23(44)31-15/h13-19,36-40H,1-12,28H2,(H,29,42)(H,30,41)(H,31,44)(H,32,43)(H,33,46)(H,34,45)/t13-,14+,15+,16+,17-,18-,19-/m0/s1. The van der Waals surface area contributed by atoms with E-state index < -0.39 is 116 Å². The number of rotatable bonds is 7. The van der Waals surface area contributed by atoms with Gasteiger partial charge >= 0.3 is 0 Å². The largest absolute Gasteiger partial charge is 0.394 e. The highest BCUT2D eigenvalue weighted by molar-refractivity contribution is 6.00. The van der Waals surface area contributed by atoms with Crippen molar-refractivity contribution in [1.82, 2.24) is 36.8 Å². The molecule has 0 bridgehead atoms. The monoisotopic (exact) mass is 672 g/mol. The van der Waals surface area contributed by atoms with E-state index in [2.05, 4.69) is 31.9 Å². The van der Waals surface area contributed by atoms with Gasteiger partial charge in [0.15, 0.2) is 0 Å². The van der Waals surface area contributed by atoms with E-state index in [4.69, 9.17) is 5.73 Å². The highest BCUT2D eigenvalue weighted by Gasteiger charge is 2.56. The van der Waals surface area contributed by atoms with Crippen LogP contribution in [0.3, 0.4) is 0 Å². The minimum Gasteiger partial charge on any atom is -0.394 e. The van der Waals surface area contributed by atoms with Crippen LogP contribution in [0.1, 0.15) is 38.5 Å². The molecule has 0 aromatic rings. The summed E-state index contributed by atoms with van der Waals surface area (Å²) in [7, 11) is 0. The van der Waals surface area contributed by atoms with Crippen molar-refractivity contribution in [3.63, 3.8) is 0 Å². The summed E-state index contributed by atoms with van der Waals surface area (Å²) >= 11 is 0. The first-order valence-electron chi connectivity index (χ1n) is 15.3. The van der Waals surface area contributed by atoms with Gasteiger partial charge in [-0.2, -0.15) is 0 Å². The lowest BCUT2D eigenvalue weighted by Crippen LogP contribution is -2.61. The SMILES string of the molecule is NCC[C@H](O)C[C@H]1NC(=O)[C@H](CO)NC(=O)[C@@H]2C[C@@H](O)CN2C(=O)C2(CC2)NC(=O)[C@H](CO)NC(=O)[C@@H](CO)NC(=O)CCNC1=O. The van der Waals surface area contributed by atoms with E-state index in [1.807, 2.05) is 0 Å². The number of fused-ring (bicyclic) bond motifs is 1. The van der Waals surface area contributed by atoms with Crippen LogP contribution in [0.25, 0.3) is 0 Å². The summed E-state index contributed by atoms with van der Waals surface area (Å²) in [6.45, 7) is -3.30. The fraction of sp³-hybridized carbons (Fsp3) is 0.741. The second-order valence-electron chi connectivity index (χ2n) is 11.8. The minimum absolute atomic E-state index is 0.0605. The lowest BCUT2D eigenvalue weighted by molar-refractivity contribution is -0.144. The molecule has 3 rings (SSSR count). The zero-order chi connectivity index (χ0) is 34.9. The van der Waals surface area contributed by atoms with Crippen LogP contribution in [0.2, 0.25) is 0 Å². The number of nitrogens with zero attached hydrogens (tertiary/aromatic N) is 1. The van der Waals surface area contributed by atoms with Crippen molar-refractivity contribution >= 4 is 41.4 Å². The molecular formula is C27H44N8O12. The summed E-state index contributed by atoms with van der Waals surface area (Å²) < 4.78 is 0. The van der Waals surface area contributed by atoms with Crippen LogP contribution in [-0.2, 0) is 33.6 Å². The van der Waals surface area contributed by atoms with Gasteiger partial charge in [-0.25, -0.2) is 0 Å². The lowest BCUT2D eigenvalue weighted by atomic mass is 10.0. The van der Waals surface area contributed by atoms with E-state index in [0.29, 0.717) is 0 Å². The third-order valence-corrected chi connectivity index (χ3v) is 8.12. The second kappa shape index (κ2) is 16.7. The number of nitrogens with one attached hydrogen (secondary N) is 6. The highest BCUT2D eigenvalue weighted by Crippen LogP contribution is 2.39. The van der Waals surface area contributed by atoms with E-state index in [-0.39, 0.29) is 51.7 Å². The van der Waals surface area contributed by atoms with E-state index in [0.717, 1.165) is 4.90 Å². The van der Waals surface area contributed by atoms with Crippen molar-refractivity contribution in [2.75, 3.05) is 39.5 Å². The fourth-order valence-corrected chi connectivity index (χ4v) is 5.30. The summed E-state index contributed by atoms with van der Waals surface area (Å²) in [5, 5.41) is 64.0. The Bertz CT molecular complexity index is 1200. The first kappa shape index (κ1) is 37.5. The number of hydrogen-bond donors (Lipinski definition) is 12. The molecule has 2 saturated heterocycles. The van der Waals surface area contributed by atoms with E-state index >= 15 is 0 Å². The molecule has 20 nitrogen and oxygen atoms in total. The molecule has 7 atom stereocenters. The van der Waals surface area contributed by atoms with Gasteiger partial charge in [0.1, 0.15) is 35.7 Å². The van der Waals surface area contributed by atoms with Gasteiger partial charge in [0.2, 0.25) is 41.4 Å². The molecule has 1 aliphatic carbocycles. The molecule has 20 heteroatoms. The summed E-state index contributed by atoms with van der Waals surface area (Å²) in [5.41, 5.74) is 3.94. The van der Waals surface area contributed by atoms with Crippen LogP contribution < -0.4 is 37.6 Å². The number of aliphatic hydroxyl groups is 5. The van der Waals surface area contributed by atoms with E-state index in [1.165, 1.54) is 0 Å². The Morgan fingerprint density at radius 3 is 1.91 bits per heavy atom. The zero-order valence-corrected chi connectivity index (χ0v) is 25.6. The molecule has 0 radical (unpaired) electrons. The maximum absolute atomic E-state index is 13.6. The van der Waals surface area contributed by atoms with E-state index in [9.17, 15) is 59.1 Å². The number of carbonyl (C=O) groups is 7. The average molecular weight is 673 g/mol. The molecule has 1 saturated carbocycles. The van der Waals surface area contributed by atoms with Crippen molar-refractivity contribution < 1.29 is 59.1 Å². The molecule has 0 aromatic heterocycles. The Kier molecular flexibility index (Phi) is 13.4. The third-order valence-electron chi connectivity index (χ3n) is 8.12. The number of aliphatic hydroxyl groups excluding tert-OH is 5. The fourth-order valence-electron chi connectivity index (χ4n) is 5.30. The van der Waals surface area contributed by atoms with Crippen LogP contribution in [0, 0.1) is 0 Å². The Hall–Kier alpha value is -3.95. The van der Waals surface area contributed by atoms with Crippen LogP contribution in [-0.4, -0.2) is 159 Å². The third kappa shape index (κ3) is 9.78. The quantitative estimate of drug-likeness (QED) is 0.120. The van der Waals surface area contributed by atoms with Crippen molar-refractivity contribution in [2.24, 2.45) is 5.73 Å². The molecule has 47 heavy (non-hydrogen) atoms. The predicted octanol–water partition coefficient (Wildman–Crippen LogP) is -7.87. The van der Waals surface area contributed by atoms with Crippen molar-refractivity contribution in [1.29, 1.82) is 0 Å². The van der Waals surface area contributed by atoms with Gasteiger partial charge in [-0.3, -0.25) is 33.6 Å². The minimum atomic E-state index is -1.62. The zero-order valence-electron chi connectivity index (χ0n) is 25.6. The van der Waals surface area contributed by atoms with Crippen LogP contribution in [0.5, 0.6) is 0 Å². The molecule has 264 valence electrons. The second-order valence-corrected chi connectivity index (χ2v) is 11.8. The van der Waals surface area contributed by atoms with Gasteiger partial charge in [0.05, 0.1) is 32.0 Å². The first-order valence-corrected chi connectivity index (χ1v) is 15.3. The molecule has 0 unspecified atom stereocenters. The number of hydrogen-bond acceptors (Lipinski definition) is 13. The van der Waals surface area contributed by atoms with Crippen LogP contribution >= 0.6 is 0 Å². The van der Waals surface area contributed by atoms with Gasteiger partial charge in [-0.05, 0) is 25.8 Å². The van der Waals surface area contributed by atoms with Gasteiger partial charge in [0, 0.05) is 32.4 Å². The molecule has 13 N–H and O–H groups in total. The number of carbonyl (C=O) groups excluding carboxylic acids is 7. The van der Waals surface area contributed by atoms with Crippen LogP contribution in [0.4, 0.5) is 0 Å². The van der Waals surface area contributed by atoms with Crippen molar-refractivity contribution in [3.8, 4) is 0 Å². The number of amides is 7. The summed E-state index contributed by atoms with van der Waals surface area (Å²) in [6.07, 6.45) is -2.93.